The van der Waals surface area contributed by atoms with Gasteiger partial charge in [-0.25, -0.2) is 4.79 Å². The predicted molar refractivity (Wildman–Crippen MR) is 90.0 cm³/mol. The van der Waals surface area contributed by atoms with Crippen molar-refractivity contribution in [2.45, 2.75) is 24.9 Å². The third-order valence-electron chi connectivity index (χ3n) is 4.67. The maximum absolute atomic E-state index is 12.8. The molecule has 134 valence electrons. The zero-order valence-corrected chi connectivity index (χ0v) is 14.3. The van der Waals surface area contributed by atoms with Gasteiger partial charge < -0.3 is 20.7 Å². The van der Waals surface area contributed by atoms with Gasteiger partial charge in [0.15, 0.2) is 0 Å². The Hall–Kier alpha value is -2.61. The van der Waals surface area contributed by atoms with Crippen LogP contribution in [0.5, 0.6) is 5.75 Å². The lowest BCUT2D eigenvalue weighted by Crippen LogP contribution is -2.46. The first-order valence-corrected chi connectivity index (χ1v) is 8.23. The number of imide groups is 1. The molecule has 3 rings (SSSR count). The molecule has 1 aromatic carbocycles. The zero-order valence-electron chi connectivity index (χ0n) is 14.3. The first-order valence-electron chi connectivity index (χ1n) is 8.23. The first-order chi connectivity index (χ1) is 11.9. The second kappa shape index (κ2) is 6.72. The molecule has 2 aliphatic rings. The summed E-state index contributed by atoms with van der Waals surface area (Å²) in [7, 11) is 1.55. The van der Waals surface area contributed by atoms with E-state index in [9.17, 15) is 14.4 Å². The molecule has 2 heterocycles. The smallest absolute Gasteiger partial charge is 0.325 e. The number of rotatable bonds is 5. The van der Waals surface area contributed by atoms with E-state index in [0.717, 1.165) is 17.9 Å². The van der Waals surface area contributed by atoms with Gasteiger partial charge in [-0.2, -0.15) is 0 Å². The number of benzene rings is 1. The Morgan fingerprint density at radius 1 is 1.36 bits per heavy atom. The van der Waals surface area contributed by atoms with Crippen LogP contribution in [0, 0.1) is 0 Å². The lowest BCUT2D eigenvalue weighted by Gasteiger charge is -2.22. The van der Waals surface area contributed by atoms with Crippen LogP contribution < -0.4 is 20.7 Å². The molecule has 0 bridgehead atoms. The number of nitrogens with zero attached hydrogens (tertiary/aromatic N) is 1. The number of hydrogen-bond donors (Lipinski definition) is 3. The molecule has 25 heavy (non-hydrogen) atoms. The van der Waals surface area contributed by atoms with Gasteiger partial charge in [0.2, 0.25) is 5.91 Å². The van der Waals surface area contributed by atoms with Crippen LogP contribution in [-0.2, 0) is 15.1 Å². The van der Waals surface area contributed by atoms with Gasteiger partial charge >= 0.3 is 6.03 Å². The Morgan fingerprint density at radius 2 is 2.08 bits per heavy atom. The molecular formula is C17H22N4O4. The predicted octanol–water partition coefficient (Wildman–Crippen LogP) is -0.0597. The van der Waals surface area contributed by atoms with Crippen molar-refractivity contribution in [2.24, 2.45) is 0 Å². The van der Waals surface area contributed by atoms with Crippen LogP contribution in [0.3, 0.4) is 0 Å². The lowest BCUT2D eigenvalue weighted by atomic mass is 9.92. The Bertz CT molecular complexity index is 684. The number of ether oxygens (including phenoxy) is 1. The van der Waals surface area contributed by atoms with Crippen molar-refractivity contribution in [3.63, 3.8) is 0 Å². The van der Waals surface area contributed by atoms with Crippen molar-refractivity contribution < 1.29 is 19.1 Å². The number of amides is 4. The van der Waals surface area contributed by atoms with E-state index in [2.05, 4.69) is 16.0 Å². The third-order valence-corrected chi connectivity index (χ3v) is 4.67. The number of carbonyl (C=O) groups excluding carboxylic acids is 3. The Balaban J connectivity index is 1.71. The highest BCUT2D eigenvalue weighted by atomic mass is 16.5. The summed E-state index contributed by atoms with van der Waals surface area (Å²) in [6, 6.07) is 6.38. The number of carbonyl (C=O) groups is 3. The number of methoxy groups -OCH3 is 1. The van der Waals surface area contributed by atoms with Crippen LogP contribution in [0.15, 0.2) is 24.3 Å². The average molecular weight is 346 g/mol. The molecular weight excluding hydrogens is 324 g/mol. The quantitative estimate of drug-likeness (QED) is 0.649. The van der Waals surface area contributed by atoms with E-state index in [4.69, 9.17) is 4.74 Å². The van der Waals surface area contributed by atoms with Crippen LogP contribution >= 0.6 is 0 Å². The normalized spacial score (nSPS) is 25.8. The summed E-state index contributed by atoms with van der Waals surface area (Å²) < 4.78 is 5.11. The van der Waals surface area contributed by atoms with E-state index < -0.39 is 17.5 Å². The zero-order chi connectivity index (χ0) is 18.0. The van der Waals surface area contributed by atoms with Crippen molar-refractivity contribution in [3.8, 4) is 5.75 Å². The molecule has 0 saturated carbocycles. The minimum atomic E-state index is -1.20. The van der Waals surface area contributed by atoms with Crippen molar-refractivity contribution >= 4 is 17.8 Å². The summed E-state index contributed by atoms with van der Waals surface area (Å²) in [5.74, 6) is -0.121. The summed E-state index contributed by atoms with van der Waals surface area (Å²) in [5.41, 5.74) is -0.562. The van der Waals surface area contributed by atoms with E-state index >= 15 is 0 Å². The van der Waals surface area contributed by atoms with Crippen LogP contribution in [-0.4, -0.2) is 55.5 Å². The Labute approximate surface area is 145 Å². The third kappa shape index (κ3) is 3.30. The SMILES string of the molecule is COc1ccc(C2(C)NC(=O)N(CC(=O)NC3CCNC3)C2=O)cc1. The molecule has 0 spiro atoms. The standard InChI is InChI=1S/C17H22N4O4/c1-17(11-3-5-13(25-2)6-4-11)15(23)21(16(24)20-17)10-14(22)19-12-7-8-18-9-12/h3-6,12,18H,7-10H2,1-2H3,(H,19,22)(H,20,24). The van der Waals surface area contributed by atoms with E-state index in [0.29, 0.717) is 17.9 Å². The monoisotopic (exact) mass is 346 g/mol. The molecule has 3 N–H and O–H groups in total. The number of hydrogen-bond acceptors (Lipinski definition) is 5. The van der Waals surface area contributed by atoms with Gasteiger partial charge in [0.05, 0.1) is 7.11 Å². The Kier molecular flexibility index (Phi) is 4.63. The molecule has 1 aromatic rings. The van der Waals surface area contributed by atoms with Gasteiger partial charge in [0.1, 0.15) is 17.8 Å². The first kappa shape index (κ1) is 17.2. The summed E-state index contributed by atoms with van der Waals surface area (Å²) >= 11 is 0. The highest BCUT2D eigenvalue weighted by Gasteiger charge is 2.49. The molecule has 0 aromatic heterocycles. The summed E-state index contributed by atoms with van der Waals surface area (Å²) in [6.45, 7) is 2.90. The van der Waals surface area contributed by atoms with Gasteiger partial charge in [0.25, 0.3) is 5.91 Å². The molecule has 8 nitrogen and oxygen atoms in total. The fourth-order valence-corrected chi connectivity index (χ4v) is 3.16. The van der Waals surface area contributed by atoms with Crippen molar-refractivity contribution in [2.75, 3.05) is 26.7 Å². The molecule has 2 aliphatic heterocycles. The largest absolute Gasteiger partial charge is 0.497 e. The minimum Gasteiger partial charge on any atom is -0.497 e. The van der Waals surface area contributed by atoms with Gasteiger partial charge in [-0.3, -0.25) is 14.5 Å². The number of nitrogens with one attached hydrogen (secondary N) is 3. The van der Waals surface area contributed by atoms with Gasteiger partial charge in [-0.05, 0) is 37.6 Å². The maximum atomic E-state index is 12.8. The average Bonchev–Trinajstić information content (AvgIpc) is 3.18. The molecule has 8 heteroatoms. The van der Waals surface area contributed by atoms with Crippen LogP contribution in [0.2, 0.25) is 0 Å². The Morgan fingerprint density at radius 3 is 2.68 bits per heavy atom. The van der Waals surface area contributed by atoms with Crippen LogP contribution in [0.25, 0.3) is 0 Å². The van der Waals surface area contributed by atoms with E-state index in [1.54, 1.807) is 38.3 Å². The van der Waals surface area contributed by atoms with Gasteiger partial charge in [0, 0.05) is 12.6 Å². The van der Waals surface area contributed by atoms with Crippen molar-refractivity contribution in [1.82, 2.24) is 20.9 Å². The highest BCUT2D eigenvalue weighted by molar-refractivity contribution is 6.09. The highest BCUT2D eigenvalue weighted by Crippen LogP contribution is 2.29. The topological polar surface area (TPSA) is 99.8 Å². The lowest BCUT2D eigenvalue weighted by molar-refractivity contribution is -0.135. The molecule has 4 amide bonds. The summed E-state index contributed by atoms with van der Waals surface area (Å²) in [5, 5.41) is 8.67. The van der Waals surface area contributed by atoms with E-state index in [1.807, 2.05) is 0 Å². The minimum absolute atomic E-state index is 0.0428. The molecule has 2 unspecified atom stereocenters. The van der Waals surface area contributed by atoms with E-state index in [-0.39, 0.29) is 18.5 Å². The van der Waals surface area contributed by atoms with Crippen LogP contribution in [0.4, 0.5) is 4.79 Å². The molecule has 2 fully saturated rings. The molecule has 0 radical (unpaired) electrons. The molecule has 2 saturated heterocycles. The van der Waals surface area contributed by atoms with Gasteiger partial charge in [-0.15, -0.1) is 0 Å². The van der Waals surface area contributed by atoms with Crippen LogP contribution in [0.1, 0.15) is 18.9 Å². The van der Waals surface area contributed by atoms with Crippen molar-refractivity contribution in [3.05, 3.63) is 29.8 Å². The van der Waals surface area contributed by atoms with Crippen molar-refractivity contribution in [1.29, 1.82) is 0 Å². The van der Waals surface area contributed by atoms with E-state index in [1.165, 1.54) is 0 Å². The van der Waals surface area contributed by atoms with Gasteiger partial charge in [-0.1, -0.05) is 12.1 Å². The summed E-state index contributed by atoms with van der Waals surface area (Å²) in [6.07, 6.45) is 0.843. The second-order valence-electron chi connectivity index (χ2n) is 6.43. The fraction of sp³-hybridized carbons (Fsp3) is 0.471. The molecule has 2 atom stereocenters. The number of urea groups is 1. The fourth-order valence-electron chi connectivity index (χ4n) is 3.16. The second-order valence-corrected chi connectivity index (χ2v) is 6.43. The summed E-state index contributed by atoms with van der Waals surface area (Å²) in [4.78, 5) is 38.1. The molecule has 0 aliphatic carbocycles. The maximum Gasteiger partial charge on any atom is 0.325 e.